The molecule has 0 aliphatic heterocycles. The normalized spacial score (nSPS) is 10.8. The third-order valence-electron chi connectivity index (χ3n) is 3.00. The van der Waals surface area contributed by atoms with Crippen molar-refractivity contribution in [3.8, 4) is 22.7 Å². The van der Waals surface area contributed by atoms with Gasteiger partial charge in [-0.2, -0.15) is 0 Å². The molecule has 4 heteroatoms. The molecule has 2 aromatic carbocycles. The molecule has 1 heterocycles. The number of nitrogens with zero attached hydrogens (tertiary/aromatic N) is 1. The summed E-state index contributed by atoms with van der Waals surface area (Å²) in [5, 5.41) is 0.714. The summed E-state index contributed by atoms with van der Waals surface area (Å²) >= 11 is 8.07. The van der Waals surface area contributed by atoms with Gasteiger partial charge < -0.3 is 4.42 Å². The van der Waals surface area contributed by atoms with E-state index in [-0.39, 0.29) is 0 Å². The minimum Gasteiger partial charge on any atom is -0.430 e. The van der Waals surface area contributed by atoms with Gasteiger partial charge in [-0.15, -0.1) is 0 Å². The number of halogens is 2. The van der Waals surface area contributed by atoms with Crippen molar-refractivity contribution in [1.29, 1.82) is 0 Å². The van der Waals surface area contributed by atoms with Gasteiger partial charge in [-0.25, -0.2) is 4.98 Å². The Labute approximate surface area is 135 Å². The van der Waals surface area contributed by atoms with Crippen LogP contribution >= 0.6 is 34.2 Å². The average molecular weight is 396 g/mol. The number of aryl methyl sites for hydroxylation is 1. The van der Waals surface area contributed by atoms with E-state index in [1.807, 2.05) is 48.5 Å². The van der Waals surface area contributed by atoms with E-state index in [4.69, 9.17) is 16.0 Å². The third kappa shape index (κ3) is 2.74. The minimum absolute atomic E-state index is 0.638. The standard InChI is InChI=1S/C16H11ClINO/c1-10-2-4-12(5-3-10)16-19-14(15(18)20-16)11-6-8-13(17)9-7-11/h2-9H,1H3. The molecule has 0 N–H and O–H groups in total. The van der Waals surface area contributed by atoms with Crippen molar-refractivity contribution in [2.75, 3.05) is 0 Å². The van der Waals surface area contributed by atoms with E-state index in [2.05, 4.69) is 34.5 Å². The maximum Gasteiger partial charge on any atom is 0.228 e. The van der Waals surface area contributed by atoms with Gasteiger partial charge >= 0.3 is 0 Å². The van der Waals surface area contributed by atoms with Gasteiger partial charge in [0, 0.05) is 38.7 Å². The average Bonchev–Trinajstić information content (AvgIpc) is 2.82. The van der Waals surface area contributed by atoms with Gasteiger partial charge in [0.2, 0.25) is 5.89 Å². The lowest BCUT2D eigenvalue weighted by molar-refractivity contribution is 0.547. The van der Waals surface area contributed by atoms with Crippen molar-refractivity contribution in [2.24, 2.45) is 0 Å². The van der Waals surface area contributed by atoms with Gasteiger partial charge in [-0.3, -0.25) is 0 Å². The van der Waals surface area contributed by atoms with Crippen LogP contribution in [-0.4, -0.2) is 4.98 Å². The second kappa shape index (κ2) is 5.58. The number of hydrogen-bond acceptors (Lipinski definition) is 2. The quantitative estimate of drug-likeness (QED) is 0.530. The Bertz CT molecular complexity index is 732. The summed E-state index contributed by atoms with van der Waals surface area (Å²) in [4.78, 5) is 4.59. The van der Waals surface area contributed by atoms with Crippen LogP contribution in [0.1, 0.15) is 5.56 Å². The minimum atomic E-state index is 0.638. The van der Waals surface area contributed by atoms with Crippen LogP contribution in [0.15, 0.2) is 52.9 Å². The second-order valence-corrected chi connectivity index (χ2v) is 5.93. The Balaban J connectivity index is 2.02. The van der Waals surface area contributed by atoms with Crippen molar-refractivity contribution < 1.29 is 4.42 Å². The highest BCUT2D eigenvalue weighted by Crippen LogP contribution is 2.30. The predicted octanol–water partition coefficient (Wildman–Crippen LogP) is 5.58. The first-order valence-electron chi connectivity index (χ1n) is 6.13. The maximum absolute atomic E-state index is 5.91. The Hall–Kier alpha value is -1.33. The molecule has 0 amide bonds. The van der Waals surface area contributed by atoms with E-state index in [9.17, 15) is 0 Å². The first-order valence-corrected chi connectivity index (χ1v) is 7.58. The van der Waals surface area contributed by atoms with E-state index in [0.29, 0.717) is 10.9 Å². The van der Waals surface area contributed by atoms with Crippen LogP contribution in [0.2, 0.25) is 5.02 Å². The predicted molar refractivity (Wildman–Crippen MR) is 89.8 cm³/mol. The molecule has 20 heavy (non-hydrogen) atoms. The van der Waals surface area contributed by atoms with E-state index >= 15 is 0 Å². The highest BCUT2D eigenvalue weighted by atomic mass is 127. The van der Waals surface area contributed by atoms with Crippen molar-refractivity contribution in [3.05, 3.63) is 62.9 Å². The Morgan fingerprint density at radius 3 is 2.20 bits per heavy atom. The first kappa shape index (κ1) is 13.6. The number of benzene rings is 2. The molecule has 0 aliphatic rings. The lowest BCUT2D eigenvalue weighted by atomic mass is 10.1. The van der Waals surface area contributed by atoms with E-state index in [1.54, 1.807) is 0 Å². The van der Waals surface area contributed by atoms with Gasteiger partial charge in [-0.1, -0.05) is 41.4 Å². The highest BCUT2D eigenvalue weighted by Gasteiger charge is 2.14. The fourth-order valence-corrected chi connectivity index (χ4v) is 2.67. The smallest absolute Gasteiger partial charge is 0.228 e. The summed E-state index contributed by atoms with van der Waals surface area (Å²) in [6.45, 7) is 2.06. The zero-order chi connectivity index (χ0) is 14.1. The molecule has 100 valence electrons. The van der Waals surface area contributed by atoms with Crippen LogP contribution in [0.4, 0.5) is 0 Å². The summed E-state index contributed by atoms with van der Waals surface area (Å²) in [5.74, 6) is 0.638. The fraction of sp³-hybridized carbons (Fsp3) is 0.0625. The van der Waals surface area contributed by atoms with Gasteiger partial charge in [0.25, 0.3) is 0 Å². The van der Waals surface area contributed by atoms with E-state index in [0.717, 1.165) is 20.6 Å². The van der Waals surface area contributed by atoms with Gasteiger partial charge in [0.05, 0.1) is 0 Å². The third-order valence-corrected chi connectivity index (χ3v) is 3.99. The molecule has 0 aliphatic carbocycles. The summed E-state index contributed by atoms with van der Waals surface area (Å²) in [6, 6.07) is 15.7. The molecule has 0 saturated carbocycles. The summed E-state index contributed by atoms with van der Waals surface area (Å²) in [7, 11) is 0. The summed E-state index contributed by atoms with van der Waals surface area (Å²) in [6.07, 6.45) is 0. The van der Waals surface area contributed by atoms with Crippen LogP contribution in [0, 0.1) is 10.7 Å². The van der Waals surface area contributed by atoms with Crippen LogP contribution in [0.3, 0.4) is 0 Å². The molecule has 0 bridgehead atoms. The molecule has 3 rings (SSSR count). The molecular weight excluding hydrogens is 385 g/mol. The monoisotopic (exact) mass is 395 g/mol. The summed E-state index contributed by atoms with van der Waals surface area (Å²) in [5.41, 5.74) is 4.04. The number of hydrogen-bond donors (Lipinski definition) is 0. The van der Waals surface area contributed by atoms with Crippen molar-refractivity contribution in [1.82, 2.24) is 4.98 Å². The van der Waals surface area contributed by atoms with E-state index < -0.39 is 0 Å². The van der Waals surface area contributed by atoms with Crippen LogP contribution in [0.25, 0.3) is 22.7 Å². The molecule has 0 spiro atoms. The lowest BCUT2D eigenvalue weighted by Gasteiger charge is -1.96. The van der Waals surface area contributed by atoms with Crippen molar-refractivity contribution in [3.63, 3.8) is 0 Å². The van der Waals surface area contributed by atoms with Gasteiger partial charge in [0.1, 0.15) is 5.69 Å². The first-order chi connectivity index (χ1) is 9.63. The molecule has 0 radical (unpaired) electrons. The van der Waals surface area contributed by atoms with E-state index in [1.165, 1.54) is 5.56 Å². The Kier molecular flexibility index (Phi) is 3.81. The number of aromatic nitrogens is 1. The number of rotatable bonds is 2. The molecule has 1 aromatic heterocycles. The van der Waals surface area contributed by atoms with Crippen LogP contribution < -0.4 is 0 Å². The molecule has 2 nitrogen and oxygen atoms in total. The summed E-state index contributed by atoms with van der Waals surface area (Å²) < 4.78 is 6.55. The van der Waals surface area contributed by atoms with Crippen molar-refractivity contribution >= 4 is 34.2 Å². The molecule has 0 saturated heterocycles. The topological polar surface area (TPSA) is 26.0 Å². The molecule has 3 aromatic rings. The van der Waals surface area contributed by atoms with Crippen LogP contribution in [-0.2, 0) is 0 Å². The highest BCUT2D eigenvalue weighted by molar-refractivity contribution is 14.1. The molecule has 0 unspecified atom stereocenters. The SMILES string of the molecule is Cc1ccc(-c2nc(-c3ccc(Cl)cc3)c(I)o2)cc1. The lowest BCUT2D eigenvalue weighted by Crippen LogP contribution is -1.81. The van der Waals surface area contributed by atoms with Crippen molar-refractivity contribution in [2.45, 2.75) is 6.92 Å². The van der Waals surface area contributed by atoms with Gasteiger partial charge in [0.15, 0.2) is 3.77 Å². The molecular formula is C16H11ClINO. The largest absolute Gasteiger partial charge is 0.430 e. The molecule has 0 atom stereocenters. The van der Waals surface area contributed by atoms with Crippen LogP contribution in [0.5, 0.6) is 0 Å². The Morgan fingerprint density at radius 2 is 1.55 bits per heavy atom. The zero-order valence-corrected chi connectivity index (χ0v) is 13.6. The zero-order valence-electron chi connectivity index (χ0n) is 10.7. The second-order valence-electron chi connectivity index (χ2n) is 4.51. The number of oxazole rings is 1. The van der Waals surface area contributed by atoms with Gasteiger partial charge in [-0.05, 0) is 31.2 Å². The fourth-order valence-electron chi connectivity index (χ4n) is 1.91. The maximum atomic E-state index is 5.91. The Morgan fingerprint density at radius 1 is 0.950 bits per heavy atom. The molecule has 0 fully saturated rings.